The van der Waals surface area contributed by atoms with Gasteiger partial charge in [-0.2, -0.15) is 0 Å². The highest BCUT2D eigenvalue weighted by molar-refractivity contribution is 5.94. The van der Waals surface area contributed by atoms with Gasteiger partial charge in [0.2, 0.25) is 5.91 Å². The molecular weight excluding hydrogens is 452 g/mol. The van der Waals surface area contributed by atoms with Crippen molar-refractivity contribution in [2.75, 3.05) is 21.7 Å². The van der Waals surface area contributed by atoms with Crippen molar-refractivity contribution in [2.24, 2.45) is 5.92 Å². The number of benzene rings is 2. The highest BCUT2D eigenvalue weighted by Crippen LogP contribution is 2.46. The number of carbonyl (C=O) groups is 2. The number of para-hydroxylation sites is 1. The minimum Gasteiger partial charge on any atom is -0.444 e. The van der Waals surface area contributed by atoms with Crippen molar-refractivity contribution in [3.63, 3.8) is 0 Å². The summed E-state index contributed by atoms with van der Waals surface area (Å²) in [6, 6.07) is 16.9. The molecule has 5 atom stereocenters. The highest BCUT2D eigenvalue weighted by Gasteiger charge is 2.49. The molecule has 2 bridgehead atoms. The van der Waals surface area contributed by atoms with Gasteiger partial charge in [-0.05, 0) is 70.9 Å². The summed E-state index contributed by atoms with van der Waals surface area (Å²) in [6.07, 6.45) is 1.69. The van der Waals surface area contributed by atoms with Crippen molar-refractivity contribution in [3.8, 4) is 0 Å². The lowest BCUT2D eigenvalue weighted by Gasteiger charge is -2.44. The molecule has 7 heteroatoms. The monoisotopic (exact) mass is 490 g/mol. The second kappa shape index (κ2) is 9.02. The number of anilines is 3. The van der Waals surface area contributed by atoms with Gasteiger partial charge in [0.25, 0.3) is 0 Å². The van der Waals surface area contributed by atoms with E-state index < -0.39 is 5.60 Å². The van der Waals surface area contributed by atoms with Crippen LogP contribution in [0, 0.1) is 5.92 Å². The van der Waals surface area contributed by atoms with Crippen LogP contribution in [-0.4, -0.2) is 47.3 Å². The molecule has 36 heavy (non-hydrogen) atoms. The lowest BCUT2D eigenvalue weighted by Crippen LogP contribution is -2.48. The predicted octanol–water partition coefficient (Wildman–Crippen LogP) is 5.78. The smallest absolute Gasteiger partial charge is 0.412 e. The van der Waals surface area contributed by atoms with Crippen LogP contribution in [0.3, 0.4) is 0 Å². The Morgan fingerprint density at radius 3 is 2.42 bits per heavy atom. The average Bonchev–Trinajstić information content (AvgIpc) is 3.40. The van der Waals surface area contributed by atoms with Crippen LogP contribution < -0.4 is 15.1 Å². The lowest BCUT2D eigenvalue weighted by molar-refractivity contribution is -0.117. The Morgan fingerprint density at radius 1 is 1.03 bits per heavy atom. The Balaban J connectivity index is 1.50. The van der Waals surface area contributed by atoms with Crippen molar-refractivity contribution in [2.45, 2.75) is 84.3 Å². The Morgan fingerprint density at radius 2 is 1.75 bits per heavy atom. The Kier molecular flexibility index (Phi) is 6.13. The zero-order valence-electron chi connectivity index (χ0n) is 22.2. The fourth-order valence-corrected chi connectivity index (χ4v) is 6.14. The van der Waals surface area contributed by atoms with E-state index in [4.69, 9.17) is 4.74 Å². The summed E-state index contributed by atoms with van der Waals surface area (Å²) in [5.41, 5.74) is 3.70. The first-order valence-corrected chi connectivity index (χ1v) is 13.1. The zero-order valence-corrected chi connectivity index (χ0v) is 22.2. The maximum absolute atomic E-state index is 13.0. The molecule has 0 radical (unpaired) electrons. The van der Waals surface area contributed by atoms with Crippen molar-refractivity contribution in [3.05, 3.63) is 54.1 Å². The fraction of sp³-hybridized carbons (Fsp3) is 0.517. The summed E-state index contributed by atoms with van der Waals surface area (Å²) in [4.78, 5) is 31.9. The van der Waals surface area contributed by atoms with E-state index in [1.54, 1.807) is 6.92 Å². The minimum atomic E-state index is -0.519. The Bertz CT molecular complexity index is 1140. The van der Waals surface area contributed by atoms with Gasteiger partial charge in [0.05, 0.1) is 12.1 Å². The number of nitrogens with zero attached hydrogens (tertiary/aromatic N) is 3. The quantitative estimate of drug-likeness (QED) is 0.591. The van der Waals surface area contributed by atoms with Gasteiger partial charge < -0.3 is 19.9 Å². The van der Waals surface area contributed by atoms with Gasteiger partial charge in [-0.25, -0.2) is 4.79 Å². The Hall–Kier alpha value is -3.22. The van der Waals surface area contributed by atoms with E-state index in [2.05, 4.69) is 54.4 Å². The number of amides is 2. The Labute approximate surface area is 214 Å². The zero-order chi connectivity index (χ0) is 25.8. The molecule has 0 aliphatic carbocycles. The molecule has 2 saturated heterocycles. The van der Waals surface area contributed by atoms with Crippen molar-refractivity contribution < 1.29 is 14.3 Å². The van der Waals surface area contributed by atoms with Crippen LogP contribution in [0.2, 0.25) is 0 Å². The van der Waals surface area contributed by atoms with Crippen molar-refractivity contribution in [1.29, 1.82) is 0 Å². The molecule has 0 aromatic heterocycles. The first kappa shape index (κ1) is 24.5. The molecule has 3 aliphatic rings. The van der Waals surface area contributed by atoms with Gasteiger partial charge in [0.1, 0.15) is 11.8 Å². The van der Waals surface area contributed by atoms with Crippen LogP contribution in [0.4, 0.5) is 21.9 Å². The number of rotatable bonds is 3. The summed E-state index contributed by atoms with van der Waals surface area (Å²) in [5.74, 6) is 0.253. The van der Waals surface area contributed by atoms with Gasteiger partial charge in [-0.1, -0.05) is 25.1 Å². The average molecular weight is 491 g/mol. The van der Waals surface area contributed by atoms with Crippen molar-refractivity contribution in [1.82, 2.24) is 4.90 Å². The first-order chi connectivity index (χ1) is 17.0. The van der Waals surface area contributed by atoms with Crippen LogP contribution >= 0.6 is 0 Å². The van der Waals surface area contributed by atoms with Gasteiger partial charge in [-0.15, -0.1) is 0 Å². The summed E-state index contributed by atoms with van der Waals surface area (Å²) in [7, 11) is 0. The van der Waals surface area contributed by atoms with E-state index in [0.717, 1.165) is 42.0 Å². The molecule has 0 spiro atoms. The molecular formula is C29H38N4O3. The van der Waals surface area contributed by atoms with E-state index in [1.807, 2.05) is 48.8 Å². The number of hydrogen-bond acceptors (Lipinski definition) is 5. The summed E-state index contributed by atoms with van der Waals surface area (Å²) in [6.45, 7) is 12.5. The van der Waals surface area contributed by atoms with E-state index in [1.165, 1.54) is 0 Å². The molecule has 2 aromatic rings. The summed E-state index contributed by atoms with van der Waals surface area (Å²) in [5, 5.41) is 3.74. The molecule has 192 valence electrons. The second-order valence-corrected chi connectivity index (χ2v) is 11.5. The van der Waals surface area contributed by atoms with Gasteiger partial charge in [0, 0.05) is 48.1 Å². The molecule has 3 aliphatic heterocycles. The standard InChI is InChI=1S/C29H38N4O3/c1-18-19(2)32(20(3)34)25-14-12-22(16-24(25)27(18)30-21-10-8-7-9-11-21)31-17-23-13-15-26(31)33(23)28(35)36-29(4,5)6/h7-12,14,16,18-19,23,26-27,30H,13,15,17H2,1-6H3/t18?,19-,23+,26?,27+/m0/s1. The molecule has 5 rings (SSSR count). The van der Waals surface area contributed by atoms with Gasteiger partial charge in [0.15, 0.2) is 0 Å². The maximum Gasteiger partial charge on any atom is 0.412 e. The van der Waals surface area contributed by atoms with Crippen LogP contribution in [0.25, 0.3) is 0 Å². The third-order valence-corrected chi connectivity index (χ3v) is 7.91. The van der Waals surface area contributed by atoms with Gasteiger partial charge in [-0.3, -0.25) is 9.69 Å². The van der Waals surface area contributed by atoms with E-state index in [0.29, 0.717) is 0 Å². The number of nitrogens with one attached hydrogen (secondary N) is 1. The molecule has 3 heterocycles. The van der Waals surface area contributed by atoms with E-state index in [9.17, 15) is 9.59 Å². The summed E-state index contributed by atoms with van der Waals surface area (Å²) < 4.78 is 5.73. The largest absolute Gasteiger partial charge is 0.444 e. The topological polar surface area (TPSA) is 65.1 Å². The fourth-order valence-electron chi connectivity index (χ4n) is 6.14. The van der Waals surface area contributed by atoms with Crippen molar-refractivity contribution >= 4 is 29.1 Å². The third-order valence-electron chi connectivity index (χ3n) is 7.91. The minimum absolute atomic E-state index is 0.00715. The molecule has 2 amide bonds. The third kappa shape index (κ3) is 4.29. The maximum atomic E-state index is 13.0. The number of ether oxygens (including phenoxy) is 1. The van der Waals surface area contributed by atoms with Crippen LogP contribution in [0.5, 0.6) is 0 Å². The first-order valence-electron chi connectivity index (χ1n) is 13.1. The van der Waals surface area contributed by atoms with Crippen LogP contribution in [-0.2, 0) is 9.53 Å². The number of carbonyl (C=O) groups excluding carboxylic acids is 2. The molecule has 2 fully saturated rings. The summed E-state index contributed by atoms with van der Waals surface area (Å²) >= 11 is 0. The normalized spacial score (nSPS) is 27.2. The van der Waals surface area contributed by atoms with Crippen LogP contribution in [0.15, 0.2) is 48.5 Å². The SMILES string of the molecule is CC(=O)N1c2ccc(N3C[C@H]4CCC3N4C(=O)OC(C)(C)C)cc2[C@H](Nc2ccccc2)C(C)[C@@H]1C. The van der Waals surface area contributed by atoms with E-state index >= 15 is 0 Å². The number of hydrogen-bond donors (Lipinski definition) is 1. The molecule has 2 aromatic carbocycles. The highest BCUT2D eigenvalue weighted by atomic mass is 16.6. The molecule has 7 nitrogen and oxygen atoms in total. The second-order valence-electron chi connectivity index (χ2n) is 11.5. The van der Waals surface area contributed by atoms with E-state index in [-0.39, 0.29) is 42.2 Å². The number of fused-ring (bicyclic) bond motifs is 3. The molecule has 2 unspecified atom stereocenters. The number of piperidine rings is 1. The molecule has 0 saturated carbocycles. The predicted molar refractivity (Wildman–Crippen MR) is 143 cm³/mol. The van der Waals surface area contributed by atoms with Crippen LogP contribution in [0.1, 0.15) is 66.0 Å². The van der Waals surface area contributed by atoms with Gasteiger partial charge >= 0.3 is 6.09 Å². The lowest BCUT2D eigenvalue weighted by atomic mass is 9.82. The molecule has 1 N–H and O–H groups in total.